The van der Waals surface area contributed by atoms with Crippen molar-refractivity contribution in [3.8, 4) is 0 Å². The van der Waals surface area contributed by atoms with Crippen LogP contribution in [-0.4, -0.2) is 13.1 Å². The van der Waals surface area contributed by atoms with Gasteiger partial charge in [-0.3, -0.25) is 0 Å². The van der Waals surface area contributed by atoms with Crippen molar-refractivity contribution in [2.45, 2.75) is 19.4 Å². The number of hydrogen-bond acceptors (Lipinski definition) is 3. The van der Waals surface area contributed by atoms with Gasteiger partial charge in [0.05, 0.1) is 0 Å². The Balaban J connectivity index is 1.89. The third-order valence-electron chi connectivity index (χ3n) is 2.68. The molecule has 1 aromatic heterocycles. The number of thiophene rings is 1. The SMILES string of the molecule is NCCCCNCc1csc2ccccc12. The number of benzene rings is 1. The zero-order valence-electron chi connectivity index (χ0n) is 9.41. The molecule has 0 spiro atoms. The van der Waals surface area contributed by atoms with E-state index in [4.69, 9.17) is 5.73 Å². The average molecular weight is 234 g/mol. The number of rotatable bonds is 6. The van der Waals surface area contributed by atoms with E-state index in [0.29, 0.717) is 0 Å². The topological polar surface area (TPSA) is 38.0 Å². The standard InChI is InChI=1S/C13H18N2S/c14-7-3-4-8-15-9-11-10-16-13-6-2-1-5-12(11)13/h1-2,5-6,10,15H,3-4,7-9,14H2. The lowest BCUT2D eigenvalue weighted by atomic mass is 10.2. The largest absolute Gasteiger partial charge is 0.330 e. The van der Waals surface area contributed by atoms with Crippen LogP contribution in [-0.2, 0) is 6.54 Å². The molecule has 1 aromatic carbocycles. The quantitative estimate of drug-likeness (QED) is 0.754. The number of unbranched alkanes of at least 4 members (excludes halogenated alkanes) is 1. The van der Waals surface area contributed by atoms with Crippen molar-refractivity contribution in [1.29, 1.82) is 0 Å². The highest BCUT2D eigenvalue weighted by Gasteiger charge is 2.01. The first-order valence-corrected chi connectivity index (χ1v) is 6.65. The fraction of sp³-hybridized carbons (Fsp3) is 0.385. The molecule has 3 heteroatoms. The Bertz CT molecular complexity index is 436. The minimum atomic E-state index is 0.795. The van der Waals surface area contributed by atoms with Gasteiger partial charge >= 0.3 is 0 Å². The van der Waals surface area contributed by atoms with Gasteiger partial charge in [0.2, 0.25) is 0 Å². The predicted octanol–water partition coefficient (Wildman–Crippen LogP) is 2.73. The molecule has 1 heterocycles. The molecule has 2 aromatic rings. The molecule has 3 N–H and O–H groups in total. The van der Waals surface area contributed by atoms with Gasteiger partial charge in [0, 0.05) is 11.2 Å². The van der Waals surface area contributed by atoms with Crippen LogP contribution in [0.15, 0.2) is 29.6 Å². The molecule has 0 aliphatic heterocycles. The maximum Gasteiger partial charge on any atom is 0.0346 e. The third kappa shape index (κ3) is 2.82. The van der Waals surface area contributed by atoms with Crippen molar-refractivity contribution in [2.24, 2.45) is 5.73 Å². The fourth-order valence-corrected chi connectivity index (χ4v) is 2.75. The summed E-state index contributed by atoms with van der Waals surface area (Å²) < 4.78 is 1.38. The number of hydrogen-bond donors (Lipinski definition) is 2. The molecule has 0 unspecified atom stereocenters. The van der Waals surface area contributed by atoms with E-state index in [1.54, 1.807) is 0 Å². The smallest absolute Gasteiger partial charge is 0.0346 e. The van der Waals surface area contributed by atoms with Crippen molar-refractivity contribution in [2.75, 3.05) is 13.1 Å². The molecular weight excluding hydrogens is 216 g/mol. The lowest BCUT2D eigenvalue weighted by Crippen LogP contribution is -2.15. The van der Waals surface area contributed by atoms with Crippen LogP contribution in [0.2, 0.25) is 0 Å². The van der Waals surface area contributed by atoms with Crippen molar-refractivity contribution in [3.63, 3.8) is 0 Å². The second kappa shape index (κ2) is 5.99. The summed E-state index contributed by atoms with van der Waals surface area (Å²) in [6.07, 6.45) is 2.27. The Labute approximate surface area is 100 Å². The summed E-state index contributed by atoms with van der Waals surface area (Å²) in [5.74, 6) is 0. The molecule has 0 saturated carbocycles. The summed E-state index contributed by atoms with van der Waals surface area (Å²) in [4.78, 5) is 0. The van der Waals surface area contributed by atoms with Crippen LogP contribution < -0.4 is 11.1 Å². The molecule has 0 saturated heterocycles. The molecule has 0 aliphatic rings. The van der Waals surface area contributed by atoms with E-state index < -0.39 is 0 Å². The molecule has 2 nitrogen and oxygen atoms in total. The van der Waals surface area contributed by atoms with Crippen molar-refractivity contribution >= 4 is 21.4 Å². The zero-order valence-corrected chi connectivity index (χ0v) is 10.2. The lowest BCUT2D eigenvalue weighted by Gasteiger charge is -2.03. The molecule has 0 aliphatic carbocycles. The van der Waals surface area contributed by atoms with E-state index in [2.05, 4.69) is 35.0 Å². The molecule has 2 rings (SSSR count). The van der Waals surface area contributed by atoms with E-state index in [1.165, 1.54) is 22.1 Å². The van der Waals surface area contributed by atoms with E-state index in [-0.39, 0.29) is 0 Å². The van der Waals surface area contributed by atoms with Crippen molar-refractivity contribution < 1.29 is 0 Å². The van der Waals surface area contributed by atoms with Crippen LogP contribution in [0, 0.1) is 0 Å². The van der Waals surface area contributed by atoms with Crippen LogP contribution in [0.3, 0.4) is 0 Å². The maximum atomic E-state index is 5.45. The molecule has 16 heavy (non-hydrogen) atoms. The molecule has 0 amide bonds. The first-order valence-electron chi connectivity index (χ1n) is 5.77. The molecule has 86 valence electrons. The Kier molecular flexibility index (Phi) is 4.34. The lowest BCUT2D eigenvalue weighted by molar-refractivity contribution is 0.629. The third-order valence-corrected chi connectivity index (χ3v) is 3.70. The first-order chi connectivity index (χ1) is 7.92. The van der Waals surface area contributed by atoms with E-state index in [1.807, 2.05) is 11.3 Å². The minimum Gasteiger partial charge on any atom is -0.330 e. The van der Waals surface area contributed by atoms with Gasteiger partial charge in [0.1, 0.15) is 0 Å². The Hall–Kier alpha value is -0.900. The highest BCUT2D eigenvalue weighted by molar-refractivity contribution is 7.17. The molecule has 0 radical (unpaired) electrons. The normalized spacial score (nSPS) is 11.1. The minimum absolute atomic E-state index is 0.795. The summed E-state index contributed by atoms with van der Waals surface area (Å²) in [5.41, 5.74) is 6.86. The van der Waals surface area contributed by atoms with Gasteiger partial charge in [-0.2, -0.15) is 0 Å². The molecule has 0 atom stereocenters. The molecule has 0 fully saturated rings. The predicted molar refractivity (Wildman–Crippen MR) is 71.8 cm³/mol. The Morgan fingerprint density at radius 2 is 2.06 bits per heavy atom. The Morgan fingerprint density at radius 3 is 2.94 bits per heavy atom. The van der Waals surface area contributed by atoms with Gasteiger partial charge in [0.15, 0.2) is 0 Å². The zero-order chi connectivity index (χ0) is 11.2. The van der Waals surface area contributed by atoms with Gasteiger partial charge in [0.25, 0.3) is 0 Å². The van der Waals surface area contributed by atoms with Gasteiger partial charge in [-0.05, 0) is 48.3 Å². The van der Waals surface area contributed by atoms with Crippen molar-refractivity contribution in [1.82, 2.24) is 5.32 Å². The van der Waals surface area contributed by atoms with Crippen LogP contribution >= 0.6 is 11.3 Å². The summed E-state index contributed by atoms with van der Waals surface area (Å²) in [5, 5.41) is 7.10. The first kappa shape index (κ1) is 11.6. The molecule has 0 bridgehead atoms. The molecular formula is C13H18N2S. The monoisotopic (exact) mass is 234 g/mol. The van der Waals surface area contributed by atoms with Crippen LogP contribution in [0.1, 0.15) is 18.4 Å². The van der Waals surface area contributed by atoms with Crippen molar-refractivity contribution in [3.05, 3.63) is 35.2 Å². The van der Waals surface area contributed by atoms with E-state index >= 15 is 0 Å². The summed E-state index contributed by atoms with van der Waals surface area (Å²) >= 11 is 1.82. The summed E-state index contributed by atoms with van der Waals surface area (Å²) in [7, 11) is 0. The number of nitrogens with one attached hydrogen (secondary N) is 1. The van der Waals surface area contributed by atoms with Gasteiger partial charge < -0.3 is 11.1 Å². The van der Waals surface area contributed by atoms with Crippen LogP contribution in [0.25, 0.3) is 10.1 Å². The van der Waals surface area contributed by atoms with Gasteiger partial charge in [-0.25, -0.2) is 0 Å². The summed E-state index contributed by atoms with van der Waals surface area (Å²) in [6, 6.07) is 8.57. The summed E-state index contributed by atoms with van der Waals surface area (Å²) in [6.45, 7) is 2.82. The van der Waals surface area contributed by atoms with E-state index in [9.17, 15) is 0 Å². The average Bonchev–Trinajstić information content (AvgIpc) is 2.73. The fourth-order valence-electron chi connectivity index (χ4n) is 1.79. The van der Waals surface area contributed by atoms with Gasteiger partial charge in [-0.1, -0.05) is 18.2 Å². The number of fused-ring (bicyclic) bond motifs is 1. The van der Waals surface area contributed by atoms with Gasteiger partial charge in [-0.15, -0.1) is 11.3 Å². The maximum absolute atomic E-state index is 5.45. The number of nitrogens with two attached hydrogens (primary N) is 1. The second-order valence-corrected chi connectivity index (χ2v) is 4.84. The Morgan fingerprint density at radius 1 is 1.19 bits per heavy atom. The second-order valence-electron chi connectivity index (χ2n) is 3.93. The highest BCUT2D eigenvalue weighted by atomic mass is 32.1. The van der Waals surface area contributed by atoms with Crippen LogP contribution in [0.5, 0.6) is 0 Å². The van der Waals surface area contributed by atoms with Crippen LogP contribution in [0.4, 0.5) is 0 Å². The van der Waals surface area contributed by atoms with E-state index in [0.717, 1.165) is 26.1 Å². The highest BCUT2D eigenvalue weighted by Crippen LogP contribution is 2.25.